The summed E-state index contributed by atoms with van der Waals surface area (Å²) in [4.78, 5) is 2.28. The molecule has 4 heteroatoms. The molecular weight excluding hydrogens is 254 g/mol. The number of methoxy groups -OCH3 is 2. The number of nitrogens with zero attached hydrogens (tertiary/aromatic N) is 1. The Labute approximate surface area is 121 Å². The van der Waals surface area contributed by atoms with Crippen LogP contribution in [0.4, 0.5) is 0 Å². The molecule has 4 nitrogen and oxygen atoms in total. The van der Waals surface area contributed by atoms with Crippen LogP contribution >= 0.6 is 0 Å². The molecule has 0 unspecified atom stereocenters. The van der Waals surface area contributed by atoms with Crippen LogP contribution in [0.5, 0.6) is 11.5 Å². The first-order valence-electron chi connectivity index (χ1n) is 7.11. The standard InChI is InChI=1S/C16H25NO3/c1-11-5-16(20-4)14(7-15(11)19-3)13-6-12(10-18)8-17(2)9-13/h5,7,12-13,18H,6,8-10H2,1-4H3/t12-,13+/m0/s1. The molecule has 1 saturated heterocycles. The van der Waals surface area contributed by atoms with Crippen molar-refractivity contribution in [1.29, 1.82) is 0 Å². The number of likely N-dealkylation sites (tertiary alicyclic amines) is 1. The summed E-state index contributed by atoms with van der Waals surface area (Å²) in [6.45, 7) is 4.21. The highest BCUT2D eigenvalue weighted by Crippen LogP contribution is 2.38. The molecule has 0 bridgehead atoms. The molecule has 1 aliphatic rings. The van der Waals surface area contributed by atoms with E-state index < -0.39 is 0 Å². The monoisotopic (exact) mass is 279 g/mol. The molecule has 0 aliphatic carbocycles. The SMILES string of the molecule is COc1cc([C@@H]2C[C@H](CO)CN(C)C2)c(OC)cc1C. The van der Waals surface area contributed by atoms with E-state index in [0.717, 1.165) is 36.6 Å². The van der Waals surface area contributed by atoms with Crippen molar-refractivity contribution in [2.24, 2.45) is 5.92 Å². The fourth-order valence-corrected chi connectivity index (χ4v) is 3.19. The molecule has 0 radical (unpaired) electrons. The summed E-state index contributed by atoms with van der Waals surface area (Å²) in [5, 5.41) is 9.46. The van der Waals surface area contributed by atoms with Gasteiger partial charge < -0.3 is 19.5 Å². The maximum Gasteiger partial charge on any atom is 0.122 e. The number of aliphatic hydroxyl groups excluding tert-OH is 1. The molecule has 0 saturated carbocycles. The average Bonchev–Trinajstić information content (AvgIpc) is 2.46. The lowest BCUT2D eigenvalue weighted by Gasteiger charge is -2.35. The lowest BCUT2D eigenvalue weighted by atomic mass is 9.84. The molecule has 0 aromatic heterocycles. The molecule has 0 amide bonds. The molecule has 2 atom stereocenters. The van der Waals surface area contributed by atoms with E-state index in [-0.39, 0.29) is 6.61 Å². The molecular formula is C16H25NO3. The third-order valence-corrected chi connectivity index (χ3v) is 4.17. The number of rotatable bonds is 4. The second-order valence-corrected chi connectivity index (χ2v) is 5.77. The molecule has 1 heterocycles. The van der Waals surface area contributed by atoms with Gasteiger partial charge in [-0.3, -0.25) is 0 Å². The van der Waals surface area contributed by atoms with Gasteiger partial charge in [-0.25, -0.2) is 0 Å². The van der Waals surface area contributed by atoms with Gasteiger partial charge in [0.15, 0.2) is 0 Å². The molecule has 2 rings (SSSR count). The highest BCUT2D eigenvalue weighted by atomic mass is 16.5. The van der Waals surface area contributed by atoms with Crippen LogP contribution in [0.3, 0.4) is 0 Å². The predicted octanol–water partition coefficient (Wildman–Crippen LogP) is 2.04. The zero-order valence-electron chi connectivity index (χ0n) is 12.8. The largest absolute Gasteiger partial charge is 0.496 e. The number of hydrogen-bond donors (Lipinski definition) is 1. The zero-order valence-corrected chi connectivity index (χ0v) is 12.8. The van der Waals surface area contributed by atoms with E-state index in [0.29, 0.717) is 11.8 Å². The van der Waals surface area contributed by atoms with Crippen molar-refractivity contribution in [2.75, 3.05) is 41.0 Å². The molecule has 1 aromatic carbocycles. The predicted molar refractivity (Wildman–Crippen MR) is 79.7 cm³/mol. The van der Waals surface area contributed by atoms with Crippen LogP contribution in [0, 0.1) is 12.8 Å². The van der Waals surface area contributed by atoms with E-state index in [1.165, 1.54) is 5.56 Å². The summed E-state index contributed by atoms with van der Waals surface area (Å²) in [7, 11) is 5.51. The number of likely N-dealkylation sites (N-methyl/N-ethyl adjacent to an activating group) is 1. The lowest BCUT2D eigenvalue weighted by molar-refractivity contribution is 0.124. The summed E-state index contributed by atoms with van der Waals surface area (Å²) in [5.74, 6) is 2.51. The van der Waals surface area contributed by atoms with Crippen LogP contribution in [0.15, 0.2) is 12.1 Å². The molecule has 1 aliphatic heterocycles. The average molecular weight is 279 g/mol. The normalized spacial score (nSPS) is 23.6. The van der Waals surface area contributed by atoms with Gasteiger partial charge >= 0.3 is 0 Å². The minimum absolute atomic E-state index is 0.242. The number of ether oxygens (including phenoxy) is 2. The fourth-order valence-electron chi connectivity index (χ4n) is 3.19. The van der Waals surface area contributed by atoms with Crippen molar-refractivity contribution in [3.05, 3.63) is 23.3 Å². The summed E-state index contributed by atoms with van der Waals surface area (Å²) < 4.78 is 11.0. The van der Waals surface area contributed by atoms with Gasteiger partial charge in [-0.1, -0.05) is 0 Å². The molecule has 20 heavy (non-hydrogen) atoms. The first kappa shape index (κ1) is 15.1. The molecule has 112 valence electrons. The van der Waals surface area contributed by atoms with E-state index in [2.05, 4.69) is 18.0 Å². The zero-order chi connectivity index (χ0) is 14.7. The Balaban J connectivity index is 2.34. The number of aliphatic hydroxyl groups is 1. The van der Waals surface area contributed by atoms with Crippen LogP contribution in [-0.4, -0.2) is 51.0 Å². The second-order valence-electron chi connectivity index (χ2n) is 5.77. The number of aryl methyl sites for hydroxylation is 1. The van der Waals surface area contributed by atoms with Crippen molar-refractivity contribution in [3.8, 4) is 11.5 Å². The summed E-state index contributed by atoms with van der Waals surface area (Å²) >= 11 is 0. The summed E-state index contributed by atoms with van der Waals surface area (Å²) in [6.07, 6.45) is 0.989. The Morgan fingerprint density at radius 1 is 1.20 bits per heavy atom. The first-order valence-corrected chi connectivity index (χ1v) is 7.11. The number of hydrogen-bond acceptors (Lipinski definition) is 4. The third-order valence-electron chi connectivity index (χ3n) is 4.17. The Bertz CT molecular complexity index is 461. The van der Waals surface area contributed by atoms with E-state index in [9.17, 15) is 5.11 Å². The first-order chi connectivity index (χ1) is 9.58. The summed E-state index contributed by atoms with van der Waals surface area (Å²) in [6, 6.07) is 4.13. The van der Waals surface area contributed by atoms with Crippen LogP contribution < -0.4 is 9.47 Å². The quantitative estimate of drug-likeness (QED) is 0.916. The Morgan fingerprint density at radius 3 is 2.50 bits per heavy atom. The van der Waals surface area contributed by atoms with E-state index in [1.54, 1.807) is 14.2 Å². The van der Waals surface area contributed by atoms with Gasteiger partial charge in [-0.05, 0) is 44.0 Å². The molecule has 1 N–H and O–H groups in total. The van der Waals surface area contributed by atoms with Crippen molar-refractivity contribution in [2.45, 2.75) is 19.3 Å². The van der Waals surface area contributed by atoms with Crippen molar-refractivity contribution in [3.63, 3.8) is 0 Å². The Kier molecular flexibility index (Phi) is 4.89. The maximum absolute atomic E-state index is 9.46. The Morgan fingerprint density at radius 2 is 1.90 bits per heavy atom. The lowest BCUT2D eigenvalue weighted by Crippen LogP contribution is -2.38. The minimum atomic E-state index is 0.242. The maximum atomic E-state index is 9.46. The van der Waals surface area contributed by atoms with Crippen LogP contribution in [0.1, 0.15) is 23.5 Å². The highest BCUT2D eigenvalue weighted by molar-refractivity contribution is 5.47. The molecule has 1 fully saturated rings. The van der Waals surface area contributed by atoms with Gasteiger partial charge in [0.05, 0.1) is 14.2 Å². The highest BCUT2D eigenvalue weighted by Gasteiger charge is 2.28. The van der Waals surface area contributed by atoms with E-state index in [1.807, 2.05) is 13.0 Å². The van der Waals surface area contributed by atoms with E-state index >= 15 is 0 Å². The molecule has 0 spiro atoms. The van der Waals surface area contributed by atoms with E-state index in [4.69, 9.17) is 9.47 Å². The third kappa shape index (κ3) is 3.07. The summed E-state index contributed by atoms with van der Waals surface area (Å²) in [5.41, 5.74) is 2.26. The topological polar surface area (TPSA) is 41.9 Å². The van der Waals surface area contributed by atoms with Gasteiger partial charge in [-0.15, -0.1) is 0 Å². The van der Waals surface area contributed by atoms with Crippen molar-refractivity contribution < 1.29 is 14.6 Å². The van der Waals surface area contributed by atoms with Gasteiger partial charge in [0.1, 0.15) is 11.5 Å². The van der Waals surface area contributed by atoms with Gasteiger partial charge in [0, 0.05) is 31.2 Å². The van der Waals surface area contributed by atoms with Crippen molar-refractivity contribution >= 4 is 0 Å². The Hall–Kier alpha value is -1.26. The second kappa shape index (κ2) is 6.46. The minimum Gasteiger partial charge on any atom is -0.496 e. The van der Waals surface area contributed by atoms with Gasteiger partial charge in [-0.2, -0.15) is 0 Å². The smallest absolute Gasteiger partial charge is 0.122 e. The van der Waals surface area contributed by atoms with Crippen LogP contribution in [-0.2, 0) is 0 Å². The van der Waals surface area contributed by atoms with Gasteiger partial charge in [0.25, 0.3) is 0 Å². The number of benzene rings is 1. The number of piperidine rings is 1. The van der Waals surface area contributed by atoms with Crippen LogP contribution in [0.25, 0.3) is 0 Å². The van der Waals surface area contributed by atoms with Crippen molar-refractivity contribution in [1.82, 2.24) is 4.90 Å². The van der Waals surface area contributed by atoms with Gasteiger partial charge in [0.2, 0.25) is 0 Å². The molecule has 1 aromatic rings. The van der Waals surface area contributed by atoms with Crippen LogP contribution in [0.2, 0.25) is 0 Å². The fraction of sp³-hybridized carbons (Fsp3) is 0.625.